The van der Waals surface area contributed by atoms with Gasteiger partial charge in [0.1, 0.15) is 0 Å². The molecule has 0 aromatic heterocycles. The van der Waals surface area contributed by atoms with Crippen LogP contribution in [0.5, 0.6) is 0 Å². The maximum Gasteiger partial charge on any atom is 0.0678 e. The minimum Gasteiger partial charge on any atom is -0.373 e. The minimum atomic E-state index is 0. The van der Waals surface area contributed by atoms with Crippen LogP contribution >= 0.6 is 24.8 Å². The van der Waals surface area contributed by atoms with E-state index >= 15 is 0 Å². The Kier molecular flexibility index (Phi) is 11.5. The zero-order valence-electron chi connectivity index (χ0n) is 9.65. The first-order valence-corrected chi connectivity index (χ1v) is 5.30. The van der Waals surface area contributed by atoms with Crippen LogP contribution in [0.25, 0.3) is 0 Å². The van der Waals surface area contributed by atoms with Crippen molar-refractivity contribution < 1.29 is 4.74 Å². The van der Waals surface area contributed by atoms with Gasteiger partial charge in [-0.3, -0.25) is 4.90 Å². The molecule has 0 aliphatic carbocycles. The van der Waals surface area contributed by atoms with Gasteiger partial charge in [0.05, 0.1) is 12.2 Å². The zero-order chi connectivity index (χ0) is 9.68. The van der Waals surface area contributed by atoms with E-state index in [4.69, 9.17) is 10.5 Å². The maximum absolute atomic E-state index is 5.66. The van der Waals surface area contributed by atoms with Gasteiger partial charge in [-0.05, 0) is 39.8 Å². The molecule has 0 radical (unpaired) electrons. The third-order valence-corrected chi connectivity index (χ3v) is 2.42. The van der Waals surface area contributed by atoms with Crippen LogP contribution in [-0.4, -0.2) is 43.3 Å². The van der Waals surface area contributed by atoms with Gasteiger partial charge in [0.25, 0.3) is 0 Å². The molecule has 2 unspecified atom stereocenters. The topological polar surface area (TPSA) is 38.5 Å². The highest BCUT2D eigenvalue weighted by molar-refractivity contribution is 5.85. The van der Waals surface area contributed by atoms with Crippen LogP contribution in [0.15, 0.2) is 0 Å². The predicted octanol–water partition coefficient (Wildman–Crippen LogP) is 1.68. The molecule has 0 bridgehead atoms. The average molecular weight is 259 g/mol. The van der Waals surface area contributed by atoms with E-state index < -0.39 is 0 Å². The van der Waals surface area contributed by atoms with Crippen LogP contribution in [0.1, 0.15) is 26.7 Å². The molecule has 1 fully saturated rings. The molecule has 15 heavy (non-hydrogen) atoms. The lowest BCUT2D eigenvalue weighted by molar-refractivity contribution is -0.0681. The summed E-state index contributed by atoms with van der Waals surface area (Å²) < 4.78 is 5.66. The van der Waals surface area contributed by atoms with Crippen molar-refractivity contribution in [1.82, 2.24) is 4.90 Å². The highest BCUT2D eigenvalue weighted by Gasteiger charge is 2.21. The maximum atomic E-state index is 5.66. The standard InChI is InChI=1S/C10H22N2O.2ClH/c1-9-7-12(6-4-3-5-11)8-10(2)13-9;;/h9-10H,3-8,11H2,1-2H3;2*1H. The molecule has 1 aliphatic heterocycles. The van der Waals surface area contributed by atoms with Crippen LogP contribution in [0.2, 0.25) is 0 Å². The molecular formula is C10H24Cl2N2O. The van der Waals surface area contributed by atoms with E-state index in [1.54, 1.807) is 0 Å². The molecule has 0 aromatic rings. The van der Waals surface area contributed by atoms with Crippen LogP contribution < -0.4 is 5.73 Å². The molecular weight excluding hydrogens is 235 g/mol. The first-order chi connectivity index (χ1) is 6.22. The summed E-state index contributed by atoms with van der Waals surface area (Å²) in [4.78, 5) is 2.48. The fourth-order valence-electron chi connectivity index (χ4n) is 1.95. The molecule has 0 amide bonds. The van der Waals surface area contributed by atoms with Crippen molar-refractivity contribution in [2.45, 2.75) is 38.9 Å². The van der Waals surface area contributed by atoms with E-state index in [0.29, 0.717) is 12.2 Å². The molecule has 1 saturated heterocycles. The molecule has 2 N–H and O–H groups in total. The van der Waals surface area contributed by atoms with Gasteiger partial charge in [-0.25, -0.2) is 0 Å². The quantitative estimate of drug-likeness (QED) is 0.781. The van der Waals surface area contributed by atoms with Gasteiger partial charge < -0.3 is 10.5 Å². The predicted molar refractivity (Wildman–Crippen MR) is 69.2 cm³/mol. The third-order valence-electron chi connectivity index (χ3n) is 2.42. The molecule has 1 rings (SSSR count). The normalized spacial score (nSPS) is 26.6. The minimum absolute atomic E-state index is 0. The summed E-state index contributed by atoms with van der Waals surface area (Å²) in [6, 6.07) is 0. The number of unbranched alkanes of at least 4 members (excludes halogenated alkanes) is 1. The Morgan fingerprint density at radius 1 is 1.13 bits per heavy atom. The summed E-state index contributed by atoms with van der Waals surface area (Å²) >= 11 is 0. The second-order valence-corrected chi connectivity index (χ2v) is 4.01. The van der Waals surface area contributed by atoms with Gasteiger partial charge in [0, 0.05) is 13.1 Å². The molecule has 5 heteroatoms. The summed E-state index contributed by atoms with van der Waals surface area (Å²) in [5, 5.41) is 0. The van der Waals surface area contributed by atoms with Crippen molar-refractivity contribution in [1.29, 1.82) is 0 Å². The Hall–Kier alpha value is 0.460. The summed E-state index contributed by atoms with van der Waals surface area (Å²) in [5.74, 6) is 0. The van der Waals surface area contributed by atoms with Crippen molar-refractivity contribution in [3.05, 3.63) is 0 Å². The monoisotopic (exact) mass is 258 g/mol. The van der Waals surface area contributed by atoms with E-state index in [2.05, 4.69) is 18.7 Å². The lowest BCUT2D eigenvalue weighted by atomic mass is 10.2. The summed E-state index contributed by atoms with van der Waals surface area (Å²) in [6.45, 7) is 8.44. The van der Waals surface area contributed by atoms with Crippen LogP contribution in [0.4, 0.5) is 0 Å². The van der Waals surface area contributed by atoms with E-state index in [1.807, 2.05) is 0 Å². The van der Waals surface area contributed by atoms with Gasteiger partial charge in [-0.2, -0.15) is 0 Å². The highest BCUT2D eigenvalue weighted by atomic mass is 35.5. The van der Waals surface area contributed by atoms with Crippen LogP contribution in [0, 0.1) is 0 Å². The highest BCUT2D eigenvalue weighted by Crippen LogP contribution is 2.10. The summed E-state index contributed by atoms with van der Waals surface area (Å²) in [7, 11) is 0. The Morgan fingerprint density at radius 2 is 1.67 bits per heavy atom. The SMILES string of the molecule is CC1CN(CCCCN)CC(C)O1.Cl.Cl. The molecule has 2 atom stereocenters. The second-order valence-electron chi connectivity index (χ2n) is 4.01. The molecule has 0 spiro atoms. The first kappa shape index (κ1) is 17.8. The van der Waals surface area contributed by atoms with Crippen molar-refractivity contribution in [2.24, 2.45) is 5.73 Å². The van der Waals surface area contributed by atoms with E-state index in [1.165, 1.54) is 13.0 Å². The number of hydrogen-bond acceptors (Lipinski definition) is 3. The molecule has 0 aromatic carbocycles. The lowest BCUT2D eigenvalue weighted by Gasteiger charge is -2.35. The van der Waals surface area contributed by atoms with Crippen molar-refractivity contribution in [3.63, 3.8) is 0 Å². The second kappa shape index (κ2) is 9.67. The Bertz CT molecular complexity index is 139. The van der Waals surface area contributed by atoms with Crippen LogP contribution in [0.3, 0.4) is 0 Å². The Balaban J connectivity index is 0. The number of rotatable bonds is 4. The smallest absolute Gasteiger partial charge is 0.0678 e. The number of ether oxygens (including phenoxy) is 1. The van der Waals surface area contributed by atoms with Gasteiger partial charge in [-0.1, -0.05) is 0 Å². The lowest BCUT2D eigenvalue weighted by Crippen LogP contribution is -2.45. The van der Waals surface area contributed by atoms with Crippen molar-refractivity contribution >= 4 is 24.8 Å². The van der Waals surface area contributed by atoms with Crippen molar-refractivity contribution in [2.75, 3.05) is 26.2 Å². The summed E-state index contributed by atoms with van der Waals surface area (Å²) in [5.41, 5.74) is 5.46. The third kappa shape index (κ3) is 7.36. The fourth-order valence-corrected chi connectivity index (χ4v) is 1.95. The number of morpholine rings is 1. The largest absolute Gasteiger partial charge is 0.373 e. The van der Waals surface area contributed by atoms with E-state index in [0.717, 1.165) is 26.1 Å². The molecule has 3 nitrogen and oxygen atoms in total. The fraction of sp³-hybridized carbons (Fsp3) is 1.00. The van der Waals surface area contributed by atoms with Gasteiger partial charge in [-0.15, -0.1) is 24.8 Å². The number of halogens is 2. The van der Waals surface area contributed by atoms with Gasteiger partial charge in [0.15, 0.2) is 0 Å². The van der Waals surface area contributed by atoms with Crippen LogP contribution in [-0.2, 0) is 4.74 Å². The van der Waals surface area contributed by atoms with Crippen molar-refractivity contribution in [3.8, 4) is 0 Å². The molecule has 1 heterocycles. The molecule has 0 saturated carbocycles. The van der Waals surface area contributed by atoms with E-state index in [9.17, 15) is 0 Å². The molecule has 1 aliphatic rings. The van der Waals surface area contributed by atoms with Gasteiger partial charge in [0.2, 0.25) is 0 Å². The zero-order valence-corrected chi connectivity index (χ0v) is 11.3. The number of nitrogens with zero attached hydrogens (tertiary/aromatic N) is 1. The Labute approximate surface area is 106 Å². The average Bonchev–Trinajstić information content (AvgIpc) is 2.03. The number of hydrogen-bond donors (Lipinski definition) is 1. The Morgan fingerprint density at radius 3 is 2.13 bits per heavy atom. The van der Waals surface area contributed by atoms with Gasteiger partial charge >= 0.3 is 0 Å². The van der Waals surface area contributed by atoms with E-state index in [-0.39, 0.29) is 24.8 Å². The number of nitrogens with two attached hydrogens (primary N) is 1. The molecule has 94 valence electrons. The summed E-state index contributed by atoms with van der Waals surface area (Å²) in [6.07, 6.45) is 3.14. The first-order valence-electron chi connectivity index (χ1n) is 5.30.